The average molecular weight is 441 g/mol. The molecular formula is C21H28N8O3. The van der Waals surface area contributed by atoms with Crippen molar-refractivity contribution in [3.8, 4) is 5.82 Å². The number of amides is 2. The average Bonchev–Trinajstić information content (AvgIpc) is 3.41. The number of carbonyl (C=O) groups is 2. The number of ether oxygens (including phenoxy) is 1. The largest absolute Gasteiger partial charge is 0.444 e. The van der Waals surface area contributed by atoms with E-state index in [2.05, 4.69) is 25.5 Å². The number of aromatic nitrogens is 5. The SMILES string of the molecule is CC(C)(C)OC(=O)N1CCN(NC(=O)CCc2c[nH]c3cnc(-n4cncn4)cc23)CC1. The van der Waals surface area contributed by atoms with Crippen LogP contribution in [0.1, 0.15) is 32.8 Å². The summed E-state index contributed by atoms with van der Waals surface area (Å²) in [6, 6.07) is 1.93. The standard InChI is InChI=1S/C21H28N8O3/c1-21(2,3)32-20(31)27-6-8-28(9-7-27)26-19(30)5-4-15-11-23-17-12-24-18(10-16(15)17)29-14-22-13-25-29/h10-14,23H,4-9H2,1-3H3,(H,26,30). The van der Waals surface area contributed by atoms with Gasteiger partial charge in [0.1, 0.15) is 18.3 Å². The van der Waals surface area contributed by atoms with Gasteiger partial charge in [-0.1, -0.05) is 0 Å². The Morgan fingerprint density at radius 3 is 2.69 bits per heavy atom. The molecule has 0 aliphatic carbocycles. The molecule has 0 unspecified atom stereocenters. The van der Waals surface area contributed by atoms with E-state index < -0.39 is 5.60 Å². The molecule has 2 amide bonds. The van der Waals surface area contributed by atoms with Crippen LogP contribution in [-0.2, 0) is 16.0 Å². The van der Waals surface area contributed by atoms with Crippen LogP contribution in [0.15, 0.2) is 31.1 Å². The van der Waals surface area contributed by atoms with Gasteiger partial charge in [0.2, 0.25) is 5.91 Å². The monoisotopic (exact) mass is 440 g/mol. The lowest BCUT2D eigenvalue weighted by Gasteiger charge is -2.35. The summed E-state index contributed by atoms with van der Waals surface area (Å²) < 4.78 is 7.00. The molecule has 170 valence electrons. The van der Waals surface area contributed by atoms with E-state index in [-0.39, 0.29) is 12.0 Å². The van der Waals surface area contributed by atoms with Gasteiger partial charge in [-0.3, -0.25) is 10.2 Å². The third kappa shape index (κ3) is 5.22. The number of H-pyrrole nitrogens is 1. The maximum absolute atomic E-state index is 12.5. The van der Waals surface area contributed by atoms with Gasteiger partial charge in [0.15, 0.2) is 5.82 Å². The van der Waals surface area contributed by atoms with Crippen LogP contribution in [-0.4, -0.2) is 78.4 Å². The Morgan fingerprint density at radius 2 is 2.00 bits per heavy atom. The zero-order valence-electron chi connectivity index (χ0n) is 18.5. The number of aromatic amines is 1. The molecule has 0 bridgehead atoms. The van der Waals surface area contributed by atoms with Gasteiger partial charge in [0.05, 0.1) is 11.7 Å². The van der Waals surface area contributed by atoms with E-state index in [9.17, 15) is 9.59 Å². The molecule has 0 atom stereocenters. The Kier molecular flexibility index (Phi) is 6.08. The van der Waals surface area contributed by atoms with Crippen LogP contribution in [0.4, 0.5) is 4.79 Å². The van der Waals surface area contributed by atoms with Gasteiger partial charge in [-0.15, -0.1) is 0 Å². The molecule has 1 saturated heterocycles. The highest BCUT2D eigenvalue weighted by Crippen LogP contribution is 2.21. The van der Waals surface area contributed by atoms with Crippen LogP contribution in [0.5, 0.6) is 0 Å². The van der Waals surface area contributed by atoms with Crippen molar-refractivity contribution >= 4 is 22.9 Å². The van der Waals surface area contributed by atoms with Crippen molar-refractivity contribution in [3.63, 3.8) is 0 Å². The van der Waals surface area contributed by atoms with Gasteiger partial charge in [0.25, 0.3) is 0 Å². The Labute approximate surface area is 185 Å². The van der Waals surface area contributed by atoms with E-state index in [1.807, 2.05) is 38.0 Å². The Bertz CT molecular complexity index is 1080. The summed E-state index contributed by atoms with van der Waals surface area (Å²) in [5.41, 5.74) is 4.37. The van der Waals surface area contributed by atoms with Crippen LogP contribution in [0.2, 0.25) is 0 Å². The molecule has 1 fully saturated rings. The zero-order valence-corrected chi connectivity index (χ0v) is 18.5. The van der Waals surface area contributed by atoms with Crippen LogP contribution in [0.3, 0.4) is 0 Å². The predicted octanol–water partition coefficient (Wildman–Crippen LogP) is 1.66. The number of hydrogen-bond donors (Lipinski definition) is 2. The third-order valence-electron chi connectivity index (χ3n) is 5.13. The minimum absolute atomic E-state index is 0.0596. The van der Waals surface area contributed by atoms with Crippen LogP contribution in [0.25, 0.3) is 16.7 Å². The fourth-order valence-corrected chi connectivity index (χ4v) is 3.53. The summed E-state index contributed by atoms with van der Waals surface area (Å²) in [5, 5.41) is 6.97. The number of rotatable bonds is 5. The van der Waals surface area contributed by atoms with E-state index in [0.29, 0.717) is 44.8 Å². The molecule has 4 heterocycles. The highest BCUT2D eigenvalue weighted by atomic mass is 16.6. The molecule has 0 spiro atoms. The van der Waals surface area contributed by atoms with Gasteiger partial charge in [-0.2, -0.15) is 5.10 Å². The smallest absolute Gasteiger partial charge is 0.410 e. The third-order valence-corrected chi connectivity index (χ3v) is 5.13. The highest BCUT2D eigenvalue weighted by molar-refractivity contribution is 5.84. The summed E-state index contributed by atoms with van der Waals surface area (Å²) in [6.07, 6.45) is 7.33. The maximum atomic E-state index is 12.5. The Morgan fingerprint density at radius 1 is 1.22 bits per heavy atom. The van der Waals surface area contributed by atoms with Crippen molar-refractivity contribution in [1.29, 1.82) is 0 Å². The topological polar surface area (TPSA) is 121 Å². The van der Waals surface area contributed by atoms with Crippen LogP contribution in [0, 0.1) is 0 Å². The molecule has 0 saturated carbocycles. The first-order chi connectivity index (χ1) is 15.3. The molecule has 3 aromatic rings. The van der Waals surface area contributed by atoms with Crippen molar-refractivity contribution in [2.75, 3.05) is 26.2 Å². The fraction of sp³-hybridized carbons (Fsp3) is 0.476. The molecule has 4 rings (SSSR count). The Hall–Kier alpha value is -3.47. The van der Waals surface area contributed by atoms with Crippen molar-refractivity contribution in [2.24, 2.45) is 0 Å². The molecule has 2 N–H and O–H groups in total. The van der Waals surface area contributed by atoms with E-state index in [1.165, 1.54) is 6.33 Å². The van der Waals surface area contributed by atoms with Crippen LogP contribution < -0.4 is 5.43 Å². The molecule has 32 heavy (non-hydrogen) atoms. The van der Waals surface area contributed by atoms with Gasteiger partial charge < -0.3 is 14.6 Å². The first-order valence-corrected chi connectivity index (χ1v) is 10.6. The second-order valence-corrected chi connectivity index (χ2v) is 8.73. The number of nitrogens with zero attached hydrogens (tertiary/aromatic N) is 6. The van der Waals surface area contributed by atoms with Gasteiger partial charge in [-0.25, -0.2) is 24.5 Å². The Balaban J connectivity index is 1.28. The number of hydrogen-bond acceptors (Lipinski definition) is 7. The molecule has 1 aliphatic rings. The quantitative estimate of drug-likeness (QED) is 0.619. The molecule has 1 aliphatic heterocycles. The minimum atomic E-state index is -0.517. The van der Waals surface area contributed by atoms with Gasteiger partial charge >= 0.3 is 6.09 Å². The summed E-state index contributed by atoms with van der Waals surface area (Å²) in [6.45, 7) is 7.68. The van der Waals surface area contributed by atoms with Gasteiger partial charge in [-0.05, 0) is 38.8 Å². The van der Waals surface area contributed by atoms with E-state index in [0.717, 1.165) is 16.5 Å². The van der Waals surface area contributed by atoms with Crippen molar-refractivity contribution in [2.45, 2.75) is 39.2 Å². The fourth-order valence-electron chi connectivity index (χ4n) is 3.53. The summed E-state index contributed by atoms with van der Waals surface area (Å²) >= 11 is 0. The zero-order chi connectivity index (χ0) is 22.7. The lowest BCUT2D eigenvalue weighted by atomic mass is 10.1. The lowest BCUT2D eigenvalue weighted by molar-refractivity contribution is -0.126. The maximum Gasteiger partial charge on any atom is 0.410 e. The summed E-state index contributed by atoms with van der Waals surface area (Å²) in [4.78, 5) is 37.9. The normalized spacial score (nSPS) is 15.2. The number of piperazine rings is 1. The number of pyridine rings is 1. The van der Waals surface area contributed by atoms with Gasteiger partial charge in [0, 0.05) is 44.2 Å². The first kappa shape index (κ1) is 21.8. The molecular weight excluding hydrogens is 412 g/mol. The summed E-state index contributed by atoms with van der Waals surface area (Å²) in [5.74, 6) is 0.610. The lowest BCUT2D eigenvalue weighted by Crippen LogP contribution is -2.55. The second-order valence-electron chi connectivity index (χ2n) is 8.73. The molecule has 3 aromatic heterocycles. The second kappa shape index (κ2) is 8.95. The van der Waals surface area contributed by atoms with Crippen LogP contribution >= 0.6 is 0 Å². The molecule has 11 heteroatoms. The highest BCUT2D eigenvalue weighted by Gasteiger charge is 2.26. The minimum Gasteiger partial charge on any atom is -0.444 e. The summed E-state index contributed by atoms with van der Waals surface area (Å²) in [7, 11) is 0. The van der Waals surface area contributed by atoms with Crippen molar-refractivity contribution < 1.29 is 14.3 Å². The predicted molar refractivity (Wildman–Crippen MR) is 117 cm³/mol. The molecule has 0 radical (unpaired) electrons. The number of fused-ring (bicyclic) bond motifs is 1. The van der Waals surface area contributed by atoms with Crippen molar-refractivity contribution in [1.82, 2.24) is 40.1 Å². The van der Waals surface area contributed by atoms with E-state index in [4.69, 9.17) is 4.74 Å². The number of hydrazine groups is 1. The van der Waals surface area contributed by atoms with Crippen molar-refractivity contribution in [3.05, 3.63) is 36.7 Å². The number of nitrogens with one attached hydrogen (secondary N) is 2. The number of aryl methyl sites for hydroxylation is 1. The van der Waals surface area contributed by atoms with E-state index in [1.54, 1.807) is 22.1 Å². The molecule has 11 nitrogen and oxygen atoms in total. The molecule has 0 aromatic carbocycles. The van der Waals surface area contributed by atoms with E-state index >= 15 is 0 Å². The number of carbonyl (C=O) groups excluding carboxylic acids is 2. The first-order valence-electron chi connectivity index (χ1n) is 10.6.